The first kappa shape index (κ1) is 11.9. The van der Waals surface area contributed by atoms with Crippen molar-refractivity contribution in [3.63, 3.8) is 0 Å². The molecule has 5 heteroatoms. The Hall–Kier alpha value is -1.88. The summed E-state index contributed by atoms with van der Waals surface area (Å²) >= 11 is 0. The Morgan fingerprint density at radius 2 is 2.15 bits per heavy atom. The molecule has 0 bridgehead atoms. The molecule has 5 nitrogen and oxygen atoms in total. The van der Waals surface area contributed by atoms with Gasteiger partial charge in [-0.2, -0.15) is 4.98 Å². The van der Waals surface area contributed by atoms with Gasteiger partial charge in [0, 0.05) is 18.4 Å². The lowest BCUT2D eigenvalue weighted by molar-refractivity contribution is 0.214. The Bertz CT molecular complexity index is 609. The van der Waals surface area contributed by atoms with Crippen LogP contribution in [0.2, 0.25) is 0 Å². The van der Waals surface area contributed by atoms with Gasteiger partial charge in [-0.05, 0) is 30.9 Å². The Labute approximate surface area is 117 Å². The predicted octanol–water partition coefficient (Wildman–Crippen LogP) is 2.17. The van der Waals surface area contributed by atoms with Crippen LogP contribution in [0.3, 0.4) is 0 Å². The highest BCUT2D eigenvalue weighted by Crippen LogP contribution is 2.36. The zero-order valence-electron chi connectivity index (χ0n) is 11.2. The van der Waals surface area contributed by atoms with Gasteiger partial charge in [0.05, 0.1) is 0 Å². The number of rotatable bonds is 3. The van der Waals surface area contributed by atoms with Gasteiger partial charge in [-0.15, -0.1) is 0 Å². The third kappa shape index (κ3) is 1.98. The maximum absolute atomic E-state index is 6.21. The summed E-state index contributed by atoms with van der Waals surface area (Å²) in [7, 11) is 0. The summed E-state index contributed by atoms with van der Waals surface area (Å²) in [6, 6.07) is 8.03. The highest BCUT2D eigenvalue weighted by atomic mass is 16.5. The second-order valence-corrected chi connectivity index (χ2v) is 5.86. The van der Waals surface area contributed by atoms with E-state index in [4.69, 9.17) is 15.0 Å². The normalized spacial score (nSPS) is 22.9. The first-order valence-corrected chi connectivity index (χ1v) is 7.08. The second kappa shape index (κ2) is 4.31. The molecule has 20 heavy (non-hydrogen) atoms. The summed E-state index contributed by atoms with van der Waals surface area (Å²) in [4.78, 5) is 4.46. The Balaban J connectivity index is 1.49. The topological polar surface area (TPSA) is 74.2 Å². The molecule has 104 valence electrons. The van der Waals surface area contributed by atoms with Crippen molar-refractivity contribution in [2.45, 2.75) is 43.7 Å². The zero-order chi connectivity index (χ0) is 13.6. The van der Waals surface area contributed by atoms with Crippen molar-refractivity contribution in [3.8, 4) is 5.75 Å². The second-order valence-electron chi connectivity index (χ2n) is 5.86. The molecule has 1 unspecified atom stereocenters. The molecule has 2 N–H and O–H groups in total. The zero-order valence-corrected chi connectivity index (χ0v) is 11.2. The number of hydrogen-bond acceptors (Lipinski definition) is 5. The summed E-state index contributed by atoms with van der Waals surface area (Å²) in [6.45, 7) is 0. The van der Waals surface area contributed by atoms with Gasteiger partial charge in [0.1, 0.15) is 5.75 Å². The maximum atomic E-state index is 6.21. The van der Waals surface area contributed by atoms with Crippen LogP contribution < -0.4 is 10.5 Å². The van der Waals surface area contributed by atoms with Crippen LogP contribution >= 0.6 is 0 Å². The van der Waals surface area contributed by atoms with Gasteiger partial charge in [-0.1, -0.05) is 23.4 Å². The fraction of sp³-hybridized carbons (Fsp3) is 0.467. The van der Waals surface area contributed by atoms with Crippen LogP contribution in [-0.4, -0.2) is 15.7 Å². The number of ether oxygens (including phenoxy) is 1. The van der Waals surface area contributed by atoms with Gasteiger partial charge in [-0.3, -0.25) is 0 Å². The molecule has 2 aromatic rings. The van der Waals surface area contributed by atoms with E-state index < -0.39 is 0 Å². The highest BCUT2D eigenvalue weighted by molar-refractivity contribution is 5.37. The van der Waals surface area contributed by atoms with Crippen LogP contribution in [0.15, 0.2) is 28.8 Å². The molecule has 1 saturated carbocycles. The quantitative estimate of drug-likeness (QED) is 0.926. The molecule has 1 fully saturated rings. The minimum atomic E-state index is -0.139. The number of fused-ring (bicyclic) bond motifs is 1. The van der Waals surface area contributed by atoms with E-state index in [-0.39, 0.29) is 11.6 Å². The molecule has 0 spiro atoms. The Kier molecular flexibility index (Phi) is 2.57. The molecule has 0 amide bonds. The lowest BCUT2D eigenvalue weighted by Gasteiger charge is -2.36. The van der Waals surface area contributed by atoms with Crippen molar-refractivity contribution in [3.05, 3.63) is 41.5 Å². The van der Waals surface area contributed by atoms with E-state index in [9.17, 15) is 0 Å². The van der Waals surface area contributed by atoms with Gasteiger partial charge < -0.3 is 15.0 Å². The van der Waals surface area contributed by atoms with Crippen LogP contribution in [0.1, 0.15) is 42.6 Å². The molecule has 1 aromatic carbocycles. The summed E-state index contributed by atoms with van der Waals surface area (Å²) in [5.41, 5.74) is 7.26. The molecule has 1 aliphatic heterocycles. The molecule has 1 aromatic heterocycles. The van der Waals surface area contributed by atoms with E-state index in [1.165, 1.54) is 12.0 Å². The summed E-state index contributed by atoms with van der Waals surface area (Å²) < 4.78 is 11.2. The van der Waals surface area contributed by atoms with Crippen molar-refractivity contribution < 1.29 is 9.26 Å². The predicted molar refractivity (Wildman–Crippen MR) is 72.3 cm³/mol. The third-order valence-corrected chi connectivity index (χ3v) is 4.27. The summed E-state index contributed by atoms with van der Waals surface area (Å²) in [6.07, 6.45) is 4.59. The maximum Gasteiger partial charge on any atom is 0.228 e. The number of nitrogens with two attached hydrogens (primary N) is 1. The average molecular weight is 271 g/mol. The van der Waals surface area contributed by atoms with E-state index in [2.05, 4.69) is 16.2 Å². The molecule has 0 radical (unpaired) electrons. The number of nitrogens with zero attached hydrogens (tertiary/aromatic N) is 2. The Morgan fingerprint density at radius 1 is 1.30 bits per heavy atom. The van der Waals surface area contributed by atoms with Crippen molar-refractivity contribution in [1.82, 2.24) is 10.1 Å². The Morgan fingerprint density at radius 3 is 2.90 bits per heavy atom. The van der Waals surface area contributed by atoms with Crippen LogP contribution in [0.25, 0.3) is 0 Å². The molecular formula is C15H17N3O2. The van der Waals surface area contributed by atoms with E-state index in [1.54, 1.807) is 0 Å². The highest BCUT2D eigenvalue weighted by Gasteiger charge is 2.35. The van der Waals surface area contributed by atoms with Crippen LogP contribution in [-0.2, 0) is 12.8 Å². The molecular weight excluding hydrogens is 254 g/mol. The van der Waals surface area contributed by atoms with Crippen molar-refractivity contribution in [2.24, 2.45) is 5.73 Å². The minimum Gasteiger partial charge on any atom is -0.482 e. The fourth-order valence-electron chi connectivity index (χ4n) is 2.91. The molecule has 2 heterocycles. The van der Waals surface area contributed by atoms with E-state index in [0.717, 1.165) is 25.0 Å². The van der Waals surface area contributed by atoms with Gasteiger partial charge >= 0.3 is 0 Å². The first-order chi connectivity index (χ1) is 9.72. The van der Waals surface area contributed by atoms with Crippen LogP contribution in [0.4, 0.5) is 0 Å². The number of benzene rings is 1. The van der Waals surface area contributed by atoms with E-state index >= 15 is 0 Å². The van der Waals surface area contributed by atoms with E-state index in [0.29, 0.717) is 18.1 Å². The number of para-hydroxylation sites is 1. The number of aromatic nitrogens is 2. The van der Waals surface area contributed by atoms with Crippen molar-refractivity contribution >= 4 is 0 Å². The van der Waals surface area contributed by atoms with Crippen LogP contribution in [0.5, 0.6) is 5.75 Å². The van der Waals surface area contributed by atoms with Gasteiger partial charge in [0.2, 0.25) is 11.7 Å². The number of hydrogen-bond donors (Lipinski definition) is 1. The monoisotopic (exact) mass is 271 g/mol. The molecule has 1 atom stereocenters. The molecule has 1 aliphatic carbocycles. The average Bonchev–Trinajstić information content (AvgIpc) is 3.02. The van der Waals surface area contributed by atoms with Gasteiger partial charge in [0.15, 0.2) is 6.10 Å². The SMILES string of the molecule is NC1(Cc2nc(C3Cc4ccccc4O3)no2)CCC1. The minimum absolute atomic E-state index is 0.136. The van der Waals surface area contributed by atoms with Gasteiger partial charge in [-0.25, -0.2) is 0 Å². The molecule has 0 saturated heterocycles. The van der Waals surface area contributed by atoms with Crippen LogP contribution in [0, 0.1) is 0 Å². The summed E-state index contributed by atoms with van der Waals surface area (Å²) in [5, 5.41) is 4.06. The summed E-state index contributed by atoms with van der Waals surface area (Å²) in [5.74, 6) is 2.17. The molecule has 2 aliphatic rings. The lowest BCUT2D eigenvalue weighted by Crippen LogP contribution is -2.48. The largest absolute Gasteiger partial charge is 0.482 e. The van der Waals surface area contributed by atoms with Crippen molar-refractivity contribution in [2.75, 3.05) is 0 Å². The fourth-order valence-corrected chi connectivity index (χ4v) is 2.91. The lowest BCUT2D eigenvalue weighted by atomic mass is 9.75. The smallest absolute Gasteiger partial charge is 0.228 e. The first-order valence-electron chi connectivity index (χ1n) is 7.08. The van der Waals surface area contributed by atoms with Crippen molar-refractivity contribution in [1.29, 1.82) is 0 Å². The standard InChI is InChI=1S/C15H17N3O2/c16-15(6-3-7-15)9-13-17-14(18-20-13)12-8-10-4-1-2-5-11(10)19-12/h1-2,4-5,12H,3,6-9,16H2. The third-order valence-electron chi connectivity index (χ3n) is 4.27. The van der Waals surface area contributed by atoms with Gasteiger partial charge in [0.25, 0.3) is 0 Å². The van der Waals surface area contributed by atoms with E-state index in [1.807, 2.05) is 18.2 Å². The molecule has 4 rings (SSSR count).